The zero-order valence-corrected chi connectivity index (χ0v) is 26.0. The molecule has 1 saturated heterocycles. The Balaban J connectivity index is 0.000000782. The Hall–Kier alpha value is -2.65. The van der Waals surface area contributed by atoms with Crippen LogP contribution in [0.2, 0.25) is 0 Å². The minimum Gasteiger partial charge on any atom is -0.480 e. The van der Waals surface area contributed by atoms with E-state index in [1.54, 1.807) is 21.0 Å². The molecule has 42 heavy (non-hydrogen) atoms. The maximum Gasteiger partial charge on any atom is 0.490 e. The first-order chi connectivity index (χ1) is 19.8. The Labute approximate surface area is 252 Å². The van der Waals surface area contributed by atoms with Gasteiger partial charge >= 0.3 is 18.1 Å². The van der Waals surface area contributed by atoms with Gasteiger partial charge < -0.3 is 24.7 Å². The van der Waals surface area contributed by atoms with E-state index in [-0.39, 0.29) is 6.10 Å². The Morgan fingerprint density at radius 3 is 2.31 bits per heavy atom. The third-order valence-corrected chi connectivity index (χ3v) is 8.72. The van der Waals surface area contributed by atoms with Crippen molar-refractivity contribution in [3.63, 3.8) is 0 Å². The van der Waals surface area contributed by atoms with E-state index in [0.29, 0.717) is 0 Å². The van der Waals surface area contributed by atoms with Crippen LogP contribution in [0.5, 0.6) is 0 Å². The molecule has 3 rings (SSSR count). The second kappa shape index (κ2) is 16.8. The summed E-state index contributed by atoms with van der Waals surface area (Å²) in [6.45, 7) is 9.18. The van der Waals surface area contributed by atoms with Gasteiger partial charge in [0.15, 0.2) is 4.34 Å². The molecular formula is C27H40F3N5O5S2. The standard InChI is InChI=1S/C25H39N5O3S2.C2HF3O2/c1-5-6-7-8-9-12-29(13-10-19-18-34-24(28-19)35-25(2,3)22(31)32)23-26-15-20(16-27-23)30-14-11-21(17-30)33-4;3-2(4,5)1(6)7/h15-16,18,21H,5-14,17H2,1-4H3,(H,31,32);(H,6,7). The number of carbonyl (C=O) groups is 2. The van der Waals surface area contributed by atoms with Gasteiger partial charge in [0.05, 0.1) is 29.9 Å². The normalized spacial score (nSPS) is 15.3. The molecule has 1 aliphatic heterocycles. The van der Waals surface area contributed by atoms with Gasteiger partial charge in [-0.2, -0.15) is 13.2 Å². The second-order valence-corrected chi connectivity index (χ2v) is 13.0. The van der Waals surface area contributed by atoms with E-state index < -0.39 is 22.9 Å². The number of hydrogen-bond acceptors (Lipinski definition) is 10. The van der Waals surface area contributed by atoms with Crippen molar-refractivity contribution >= 4 is 46.7 Å². The van der Waals surface area contributed by atoms with Crippen molar-refractivity contribution in [3.05, 3.63) is 23.5 Å². The van der Waals surface area contributed by atoms with Crippen LogP contribution >= 0.6 is 23.1 Å². The highest BCUT2D eigenvalue weighted by atomic mass is 32.2. The molecule has 1 fully saturated rings. The number of anilines is 2. The average molecular weight is 636 g/mol. The van der Waals surface area contributed by atoms with E-state index in [2.05, 4.69) is 21.7 Å². The first-order valence-corrected chi connectivity index (χ1v) is 15.5. The van der Waals surface area contributed by atoms with Crippen LogP contribution in [0.3, 0.4) is 0 Å². The summed E-state index contributed by atoms with van der Waals surface area (Å²) in [5.74, 6) is -2.84. The Morgan fingerprint density at radius 1 is 1.12 bits per heavy atom. The van der Waals surface area contributed by atoms with Crippen LogP contribution in [0.15, 0.2) is 22.1 Å². The van der Waals surface area contributed by atoms with Gasteiger partial charge in [-0.1, -0.05) is 44.4 Å². The molecule has 1 atom stereocenters. The van der Waals surface area contributed by atoms with Crippen LogP contribution in [0.4, 0.5) is 24.8 Å². The SMILES string of the molecule is CCCCCCCN(CCc1csc(SC(C)(C)C(=O)O)n1)c1ncc(N2CCC(OC)C2)cn1.O=C(O)C(F)(F)F. The number of unbranched alkanes of at least 4 members (excludes halogenated alkanes) is 4. The third-order valence-electron chi connectivity index (χ3n) is 6.55. The molecule has 2 aromatic rings. The molecule has 0 spiro atoms. The summed E-state index contributed by atoms with van der Waals surface area (Å²) in [7, 11) is 1.77. The molecule has 1 unspecified atom stereocenters. The van der Waals surface area contributed by atoms with Crippen LogP contribution < -0.4 is 9.80 Å². The molecule has 3 heterocycles. The minimum absolute atomic E-state index is 0.275. The van der Waals surface area contributed by atoms with Gasteiger partial charge in [0, 0.05) is 45.1 Å². The van der Waals surface area contributed by atoms with Crippen molar-refractivity contribution in [2.24, 2.45) is 0 Å². The molecule has 0 amide bonds. The van der Waals surface area contributed by atoms with Crippen molar-refractivity contribution in [1.82, 2.24) is 15.0 Å². The van der Waals surface area contributed by atoms with Crippen molar-refractivity contribution in [2.45, 2.75) is 87.1 Å². The summed E-state index contributed by atoms with van der Waals surface area (Å²) in [5, 5.41) is 18.5. The molecular weight excluding hydrogens is 595 g/mol. The lowest BCUT2D eigenvalue weighted by Crippen LogP contribution is -2.29. The minimum atomic E-state index is -5.08. The second-order valence-electron chi connectivity index (χ2n) is 10.3. The maximum atomic E-state index is 11.4. The van der Waals surface area contributed by atoms with Gasteiger partial charge in [0.2, 0.25) is 5.95 Å². The van der Waals surface area contributed by atoms with Crippen LogP contribution in [0, 0.1) is 0 Å². The van der Waals surface area contributed by atoms with Crippen molar-refractivity contribution in [1.29, 1.82) is 0 Å². The molecule has 1 aliphatic rings. The van der Waals surface area contributed by atoms with Crippen LogP contribution in [0.1, 0.15) is 65.0 Å². The number of thiazole rings is 1. The topological polar surface area (TPSA) is 129 Å². The molecule has 2 N–H and O–H groups in total. The lowest BCUT2D eigenvalue weighted by atomic mass is 10.1. The average Bonchev–Trinajstić information content (AvgIpc) is 3.59. The van der Waals surface area contributed by atoms with E-state index in [1.807, 2.05) is 17.8 Å². The number of aliphatic carboxylic acids is 2. The van der Waals surface area contributed by atoms with E-state index >= 15 is 0 Å². The predicted octanol–water partition coefficient (Wildman–Crippen LogP) is 5.77. The van der Waals surface area contributed by atoms with Gasteiger partial charge in [0.1, 0.15) is 4.75 Å². The largest absolute Gasteiger partial charge is 0.490 e. The fraction of sp³-hybridized carbons (Fsp3) is 0.667. The molecule has 0 bridgehead atoms. The van der Waals surface area contributed by atoms with Gasteiger partial charge in [-0.25, -0.2) is 19.7 Å². The number of aromatic nitrogens is 3. The summed E-state index contributed by atoms with van der Waals surface area (Å²) >= 11 is 2.81. The fourth-order valence-electron chi connectivity index (χ4n) is 3.98. The van der Waals surface area contributed by atoms with Crippen LogP contribution in [-0.4, -0.2) is 87.4 Å². The number of thioether (sulfide) groups is 1. The number of carboxylic acids is 2. The van der Waals surface area contributed by atoms with Gasteiger partial charge in [-0.3, -0.25) is 4.79 Å². The molecule has 236 valence electrons. The number of nitrogens with zero attached hydrogens (tertiary/aromatic N) is 5. The molecule has 0 aliphatic carbocycles. The molecule has 10 nitrogen and oxygen atoms in total. The number of rotatable bonds is 15. The number of halogens is 3. The van der Waals surface area contributed by atoms with Crippen LogP contribution in [0.25, 0.3) is 0 Å². The van der Waals surface area contributed by atoms with Gasteiger partial charge in [0.25, 0.3) is 0 Å². The van der Waals surface area contributed by atoms with Crippen molar-refractivity contribution in [3.8, 4) is 0 Å². The lowest BCUT2D eigenvalue weighted by molar-refractivity contribution is -0.192. The Kier molecular flexibility index (Phi) is 14.3. The van der Waals surface area contributed by atoms with E-state index in [4.69, 9.17) is 24.6 Å². The predicted molar refractivity (Wildman–Crippen MR) is 158 cm³/mol. The van der Waals surface area contributed by atoms with Gasteiger partial charge in [-0.05, 0) is 26.7 Å². The van der Waals surface area contributed by atoms with Crippen LogP contribution in [-0.2, 0) is 20.7 Å². The highest BCUT2D eigenvalue weighted by Crippen LogP contribution is 2.34. The zero-order chi connectivity index (χ0) is 31.3. The Bertz CT molecular complexity index is 1120. The third kappa shape index (κ3) is 11.9. The summed E-state index contributed by atoms with van der Waals surface area (Å²) in [6, 6.07) is 0. The highest BCUT2D eigenvalue weighted by Gasteiger charge is 2.38. The number of ether oxygens (including phenoxy) is 1. The monoisotopic (exact) mass is 635 g/mol. The van der Waals surface area contributed by atoms with E-state index in [1.165, 1.54) is 48.8 Å². The first kappa shape index (κ1) is 35.5. The van der Waals surface area contributed by atoms with E-state index in [0.717, 1.165) is 67.1 Å². The molecule has 0 aromatic carbocycles. The number of methoxy groups -OCH3 is 1. The van der Waals surface area contributed by atoms with Gasteiger partial charge in [-0.15, -0.1) is 11.3 Å². The van der Waals surface area contributed by atoms with Crippen molar-refractivity contribution < 1.29 is 37.7 Å². The van der Waals surface area contributed by atoms with Crippen molar-refractivity contribution in [2.75, 3.05) is 43.1 Å². The smallest absolute Gasteiger partial charge is 0.480 e. The number of alkyl halides is 3. The fourth-order valence-corrected chi connectivity index (χ4v) is 6.20. The number of carboxylic acid groups (broad SMARTS) is 2. The number of hydrogen-bond donors (Lipinski definition) is 2. The lowest BCUT2D eigenvalue weighted by Gasteiger charge is -2.23. The maximum absolute atomic E-state index is 11.4. The highest BCUT2D eigenvalue weighted by molar-refractivity contribution is 8.03. The molecule has 2 aromatic heterocycles. The molecule has 0 radical (unpaired) electrons. The van der Waals surface area contributed by atoms with E-state index in [9.17, 15) is 23.1 Å². The summed E-state index contributed by atoms with van der Waals surface area (Å²) in [6.07, 6.45) is 6.92. The first-order valence-electron chi connectivity index (χ1n) is 13.8. The Morgan fingerprint density at radius 2 is 1.76 bits per heavy atom. The quantitative estimate of drug-likeness (QED) is 0.183. The molecule has 15 heteroatoms. The molecule has 0 saturated carbocycles. The summed E-state index contributed by atoms with van der Waals surface area (Å²) < 4.78 is 37.1. The summed E-state index contributed by atoms with van der Waals surface area (Å²) in [4.78, 5) is 39.0. The zero-order valence-electron chi connectivity index (χ0n) is 24.4. The summed E-state index contributed by atoms with van der Waals surface area (Å²) in [5.41, 5.74) is 2.02.